The monoisotopic (exact) mass is 480 g/mol. The summed E-state index contributed by atoms with van der Waals surface area (Å²) in [6.45, 7) is 0. The van der Waals surface area contributed by atoms with Crippen LogP contribution in [-0.2, 0) is 10.0 Å². The van der Waals surface area contributed by atoms with Gasteiger partial charge in [-0.25, -0.2) is 8.42 Å². The van der Waals surface area contributed by atoms with Crippen LogP contribution in [0.5, 0.6) is 11.5 Å². The van der Waals surface area contributed by atoms with E-state index in [-0.39, 0.29) is 16.3 Å². The fourth-order valence-corrected chi connectivity index (χ4v) is 3.87. The highest BCUT2D eigenvalue weighted by Gasteiger charge is 2.17. The molecule has 11 heteroatoms. The van der Waals surface area contributed by atoms with Gasteiger partial charge >= 0.3 is 0 Å². The van der Waals surface area contributed by atoms with Crippen molar-refractivity contribution in [3.8, 4) is 34.4 Å². The summed E-state index contributed by atoms with van der Waals surface area (Å²) in [5.41, 5.74) is 3.66. The van der Waals surface area contributed by atoms with Gasteiger partial charge in [-0.1, -0.05) is 12.1 Å². The van der Waals surface area contributed by atoms with E-state index >= 15 is 0 Å². The molecule has 2 N–H and O–H groups in total. The number of sulfonamides is 1. The lowest BCUT2D eigenvalue weighted by Gasteiger charge is -2.09. The van der Waals surface area contributed by atoms with Crippen LogP contribution in [0, 0.1) is 0 Å². The Bertz CT molecular complexity index is 1400. The van der Waals surface area contributed by atoms with Gasteiger partial charge in [-0.05, 0) is 60.7 Å². The first-order valence-corrected chi connectivity index (χ1v) is 11.4. The minimum absolute atomic E-state index is 0.0220. The van der Waals surface area contributed by atoms with Gasteiger partial charge in [0.1, 0.15) is 11.5 Å². The lowest BCUT2D eigenvalue weighted by atomic mass is 10.1. The molecule has 174 valence electrons. The molecule has 4 rings (SSSR count). The Morgan fingerprint density at radius 3 is 2.21 bits per heavy atom. The third-order valence-electron chi connectivity index (χ3n) is 4.83. The molecule has 0 spiro atoms. The zero-order valence-electron chi connectivity index (χ0n) is 18.2. The molecular formula is C23H20N4O6S. The molecule has 0 saturated heterocycles. The Morgan fingerprint density at radius 2 is 1.53 bits per heavy atom. The molecule has 10 nitrogen and oxygen atoms in total. The maximum atomic E-state index is 12.4. The van der Waals surface area contributed by atoms with Crippen molar-refractivity contribution in [3.63, 3.8) is 0 Å². The van der Waals surface area contributed by atoms with Crippen molar-refractivity contribution >= 4 is 15.9 Å². The summed E-state index contributed by atoms with van der Waals surface area (Å²) in [4.78, 5) is 14.5. The normalized spacial score (nSPS) is 11.1. The van der Waals surface area contributed by atoms with E-state index in [0.717, 1.165) is 0 Å². The Hall–Kier alpha value is -4.22. The van der Waals surface area contributed by atoms with Crippen molar-refractivity contribution in [3.05, 3.63) is 78.4 Å². The van der Waals surface area contributed by atoms with Crippen LogP contribution in [0.25, 0.3) is 22.9 Å². The van der Waals surface area contributed by atoms with Gasteiger partial charge in [-0.3, -0.25) is 10.2 Å². The number of hydrogen-bond acceptors (Lipinski definition) is 8. The molecule has 3 aromatic carbocycles. The Balaban J connectivity index is 1.43. The second-order valence-corrected chi connectivity index (χ2v) is 8.61. The molecule has 1 heterocycles. The predicted molar refractivity (Wildman–Crippen MR) is 123 cm³/mol. The van der Waals surface area contributed by atoms with Crippen LogP contribution < -0.4 is 19.7 Å². The maximum absolute atomic E-state index is 12.4. The number of aromatic nitrogens is 2. The molecule has 0 aliphatic heterocycles. The van der Waals surface area contributed by atoms with Crippen LogP contribution in [0.2, 0.25) is 0 Å². The van der Waals surface area contributed by atoms with Gasteiger partial charge < -0.3 is 13.9 Å². The van der Waals surface area contributed by atoms with Crippen molar-refractivity contribution in [1.29, 1.82) is 0 Å². The van der Waals surface area contributed by atoms with Crippen LogP contribution in [0.3, 0.4) is 0 Å². The number of methoxy groups -OCH3 is 2. The number of carbonyl (C=O) groups excluding carboxylic acids is 1. The number of para-hydroxylation sites is 1. The molecule has 0 bridgehead atoms. The first-order valence-electron chi connectivity index (χ1n) is 9.95. The first-order chi connectivity index (χ1) is 16.4. The fourth-order valence-electron chi connectivity index (χ4n) is 3.03. The smallest absolute Gasteiger partial charge is 0.266 e. The Kier molecular flexibility index (Phi) is 6.57. The number of ether oxygens (including phenoxy) is 2. The highest BCUT2D eigenvalue weighted by molar-refractivity contribution is 7.89. The minimum atomic E-state index is -3.95. The number of nitrogens with zero attached hydrogens (tertiary/aromatic N) is 2. The summed E-state index contributed by atoms with van der Waals surface area (Å²) in [7, 11) is -0.920. The maximum Gasteiger partial charge on any atom is 0.266 e. The molecule has 1 aromatic heterocycles. The first kappa shape index (κ1) is 23.0. The molecule has 0 saturated carbocycles. The van der Waals surface area contributed by atoms with Gasteiger partial charge in [0.2, 0.25) is 5.89 Å². The van der Waals surface area contributed by atoms with Crippen LogP contribution in [-0.4, -0.2) is 38.7 Å². The summed E-state index contributed by atoms with van der Waals surface area (Å²) in [6.07, 6.45) is 0. The SMILES string of the molecule is COc1ccc(S(=O)(=O)NNC(=O)c2ccc(-c3nnc(-c4ccccc4OC)o3)cc2)cc1. The van der Waals surface area contributed by atoms with E-state index in [2.05, 4.69) is 20.5 Å². The molecule has 0 aliphatic carbocycles. The third-order valence-corrected chi connectivity index (χ3v) is 6.09. The average molecular weight is 481 g/mol. The molecule has 4 aromatic rings. The van der Waals surface area contributed by atoms with Gasteiger partial charge in [0.25, 0.3) is 21.8 Å². The number of amides is 1. The zero-order valence-corrected chi connectivity index (χ0v) is 19.0. The van der Waals surface area contributed by atoms with E-state index in [1.54, 1.807) is 31.4 Å². The number of hydrazine groups is 1. The number of carbonyl (C=O) groups is 1. The van der Waals surface area contributed by atoms with Gasteiger partial charge in [0.05, 0.1) is 24.7 Å². The van der Waals surface area contributed by atoms with Crippen molar-refractivity contribution in [1.82, 2.24) is 20.5 Å². The summed E-state index contributed by atoms with van der Waals surface area (Å²) in [6, 6.07) is 19.3. The quantitative estimate of drug-likeness (QED) is 0.368. The minimum Gasteiger partial charge on any atom is -0.497 e. The molecule has 0 atom stereocenters. The molecule has 0 aliphatic rings. The number of nitrogens with one attached hydrogen (secondary N) is 2. The van der Waals surface area contributed by atoms with E-state index in [4.69, 9.17) is 13.9 Å². The summed E-state index contributed by atoms with van der Waals surface area (Å²) in [5.74, 6) is 1.03. The number of rotatable bonds is 8. The van der Waals surface area contributed by atoms with Crippen molar-refractivity contribution in [2.75, 3.05) is 14.2 Å². The largest absolute Gasteiger partial charge is 0.497 e. The van der Waals surface area contributed by atoms with E-state index in [9.17, 15) is 13.2 Å². The topological polar surface area (TPSA) is 133 Å². The molecule has 34 heavy (non-hydrogen) atoms. The molecule has 0 fully saturated rings. The highest BCUT2D eigenvalue weighted by atomic mass is 32.2. The predicted octanol–water partition coefficient (Wildman–Crippen LogP) is 3.04. The zero-order chi connectivity index (χ0) is 24.1. The summed E-state index contributed by atoms with van der Waals surface area (Å²) >= 11 is 0. The lowest BCUT2D eigenvalue weighted by molar-refractivity contribution is 0.0945. The van der Waals surface area contributed by atoms with E-state index in [1.807, 2.05) is 12.1 Å². The van der Waals surface area contributed by atoms with E-state index in [1.165, 1.54) is 43.5 Å². The van der Waals surface area contributed by atoms with E-state index < -0.39 is 15.9 Å². The molecule has 0 radical (unpaired) electrons. The van der Waals surface area contributed by atoms with Gasteiger partial charge in [-0.15, -0.1) is 15.0 Å². The fraction of sp³-hybridized carbons (Fsp3) is 0.0870. The standard InChI is InChI=1S/C23H20N4O6S/c1-31-17-11-13-18(14-12-17)34(29,30)27-24-21(28)15-7-9-16(10-8-15)22-25-26-23(33-22)19-5-3-4-6-20(19)32-2/h3-14,27H,1-2H3,(H,24,28). The van der Waals surface area contributed by atoms with Crippen LogP contribution >= 0.6 is 0 Å². The lowest BCUT2D eigenvalue weighted by Crippen LogP contribution is -2.41. The second-order valence-electron chi connectivity index (χ2n) is 6.93. The van der Waals surface area contributed by atoms with Gasteiger partial charge in [0.15, 0.2) is 0 Å². The summed E-state index contributed by atoms with van der Waals surface area (Å²) < 4.78 is 40.8. The summed E-state index contributed by atoms with van der Waals surface area (Å²) in [5, 5.41) is 8.12. The number of benzene rings is 3. The van der Waals surface area contributed by atoms with Gasteiger partial charge in [-0.2, -0.15) is 0 Å². The van der Waals surface area contributed by atoms with Gasteiger partial charge in [0, 0.05) is 11.1 Å². The average Bonchev–Trinajstić information content (AvgIpc) is 3.37. The molecule has 0 unspecified atom stereocenters. The number of hydrogen-bond donors (Lipinski definition) is 2. The Labute approximate surface area is 195 Å². The second kappa shape index (κ2) is 9.73. The van der Waals surface area contributed by atoms with Crippen molar-refractivity contribution in [2.45, 2.75) is 4.90 Å². The van der Waals surface area contributed by atoms with Crippen LogP contribution in [0.4, 0.5) is 0 Å². The third kappa shape index (κ3) is 4.90. The van der Waals surface area contributed by atoms with E-state index in [0.29, 0.717) is 28.5 Å². The van der Waals surface area contributed by atoms with Crippen molar-refractivity contribution < 1.29 is 27.1 Å². The van der Waals surface area contributed by atoms with Crippen LogP contribution in [0.1, 0.15) is 10.4 Å². The van der Waals surface area contributed by atoms with Crippen molar-refractivity contribution in [2.24, 2.45) is 0 Å². The van der Waals surface area contributed by atoms with Crippen LogP contribution in [0.15, 0.2) is 82.1 Å². The Morgan fingerprint density at radius 1 is 0.853 bits per heavy atom. The molecular weight excluding hydrogens is 460 g/mol. The highest BCUT2D eigenvalue weighted by Crippen LogP contribution is 2.30. The molecule has 1 amide bonds.